The quantitative estimate of drug-likeness (QED) is 0.616. The average molecular weight is 387 g/mol. The number of pyridine rings is 2. The van der Waals surface area contributed by atoms with Crippen LogP contribution in [0.3, 0.4) is 0 Å². The monoisotopic (exact) mass is 386 g/mol. The molecule has 4 atom stereocenters. The molecule has 0 spiro atoms. The molecule has 0 unspecified atom stereocenters. The molecule has 152 valence electrons. The van der Waals surface area contributed by atoms with E-state index >= 15 is 0 Å². The van der Waals surface area contributed by atoms with Gasteiger partial charge in [0.2, 0.25) is 0 Å². The number of nitrogens with zero attached hydrogens (tertiary/aromatic N) is 2. The molecule has 0 N–H and O–H groups in total. The maximum absolute atomic E-state index is 5.31. The van der Waals surface area contributed by atoms with Crippen molar-refractivity contribution in [2.24, 2.45) is 22.7 Å². The lowest BCUT2D eigenvalue weighted by Gasteiger charge is -2.56. The van der Waals surface area contributed by atoms with Gasteiger partial charge in [0.25, 0.3) is 0 Å². The van der Waals surface area contributed by atoms with Crippen molar-refractivity contribution < 1.29 is 0 Å². The summed E-state index contributed by atoms with van der Waals surface area (Å²) in [7, 11) is 0. The van der Waals surface area contributed by atoms with E-state index in [2.05, 4.69) is 65.8 Å². The summed E-state index contributed by atoms with van der Waals surface area (Å²) in [5.74, 6) is 2.96. The van der Waals surface area contributed by atoms with Crippen LogP contribution >= 0.6 is 0 Å². The molecule has 0 radical (unpaired) electrons. The zero-order chi connectivity index (χ0) is 20.3. The average Bonchev–Trinajstić information content (AvgIpc) is 2.71. The minimum absolute atomic E-state index is 0.167. The largest absolute Gasteiger partial charge is 0.256 e. The van der Waals surface area contributed by atoms with Crippen LogP contribution in [0, 0.1) is 22.7 Å². The lowest BCUT2D eigenvalue weighted by atomic mass is 9.48. The summed E-state index contributed by atoms with van der Waals surface area (Å²) in [5, 5.41) is 0. The third-order valence-electron chi connectivity index (χ3n) is 9.84. The van der Waals surface area contributed by atoms with Crippen molar-refractivity contribution in [2.45, 2.75) is 84.5 Å². The Hall–Kier alpha value is -1.70. The fourth-order valence-electron chi connectivity index (χ4n) is 6.97. The van der Waals surface area contributed by atoms with Crippen LogP contribution < -0.4 is 0 Å². The van der Waals surface area contributed by atoms with E-state index in [4.69, 9.17) is 9.97 Å². The minimum Gasteiger partial charge on any atom is -0.256 e. The van der Waals surface area contributed by atoms with Gasteiger partial charge in [0.15, 0.2) is 0 Å². The van der Waals surface area contributed by atoms with E-state index < -0.39 is 0 Å². The first-order valence-corrected chi connectivity index (χ1v) is 11.6. The van der Waals surface area contributed by atoms with Gasteiger partial charge >= 0.3 is 0 Å². The number of rotatable bonds is 2. The van der Waals surface area contributed by atoms with Gasteiger partial charge in [-0.15, -0.1) is 0 Å². The van der Waals surface area contributed by atoms with Crippen molar-refractivity contribution in [3.8, 4) is 0 Å². The first-order chi connectivity index (χ1) is 13.6. The van der Waals surface area contributed by atoms with Gasteiger partial charge in [0.1, 0.15) is 0 Å². The van der Waals surface area contributed by atoms with E-state index in [1.165, 1.54) is 59.6 Å². The molecule has 6 aliphatic rings. The molecule has 6 aliphatic carbocycles. The summed E-state index contributed by atoms with van der Waals surface area (Å²) < 4.78 is 0. The van der Waals surface area contributed by atoms with Crippen LogP contribution in [0.1, 0.15) is 100 Å². The maximum Gasteiger partial charge on any atom is 0.0523 e. The van der Waals surface area contributed by atoms with Crippen LogP contribution in [0.25, 0.3) is 0 Å². The first-order valence-electron chi connectivity index (χ1n) is 11.6. The Morgan fingerprint density at radius 2 is 1.14 bits per heavy atom. The molecule has 2 fully saturated rings. The molecule has 2 aromatic rings. The molecule has 0 aliphatic heterocycles. The highest BCUT2D eigenvalue weighted by molar-refractivity contribution is 5.42. The predicted molar refractivity (Wildman–Crippen MR) is 117 cm³/mol. The van der Waals surface area contributed by atoms with Crippen LogP contribution in [0.15, 0.2) is 24.3 Å². The molecule has 0 amide bonds. The molecule has 2 heterocycles. The molecule has 2 saturated carbocycles. The summed E-state index contributed by atoms with van der Waals surface area (Å²) in [6.45, 7) is 14.4. The summed E-state index contributed by atoms with van der Waals surface area (Å²) >= 11 is 0. The van der Waals surface area contributed by atoms with Crippen LogP contribution in [-0.2, 0) is 18.3 Å². The Labute approximate surface area is 175 Å². The summed E-state index contributed by atoms with van der Waals surface area (Å²) in [6, 6.07) is 9.29. The van der Waals surface area contributed by atoms with Crippen LogP contribution in [0.5, 0.6) is 0 Å². The van der Waals surface area contributed by atoms with Crippen molar-refractivity contribution in [3.63, 3.8) is 0 Å². The van der Waals surface area contributed by atoms with Crippen molar-refractivity contribution in [1.82, 2.24) is 9.97 Å². The minimum atomic E-state index is -0.167. The van der Waals surface area contributed by atoms with Gasteiger partial charge in [-0.1, -0.05) is 39.8 Å². The van der Waals surface area contributed by atoms with Gasteiger partial charge in [-0.25, -0.2) is 0 Å². The Balaban J connectivity index is 1.40. The molecule has 29 heavy (non-hydrogen) atoms. The van der Waals surface area contributed by atoms with Gasteiger partial charge in [0.05, 0.1) is 11.4 Å². The van der Waals surface area contributed by atoms with E-state index in [9.17, 15) is 0 Å². The Bertz CT molecular complexity index is 947. The van der Waals surface area contributed by atoms with Crippen molar-refractivity contribution in [2.75, 3.05) is 0 Å². The van der Waals surface area contributed by atoms with Gasteiger partial charge in [-0.3, -0.25) is 9.97 Å². The zero-order valence-electron chi connectivity index (χ0n) is 18.8. The number of aromatic nitrogens is 2. The fraction of sp³-hybridized carbons (Fsp3) is 0.630. The SMILES string of the molecule is CC(C)(c1ccc2c(n1)[C@@H]1C[C@H](C2)C1(C)C)c1ccc2c(n1)[C@@H]1C[C@H](C2)C1(C)C. The third kappa shape index (κ3) is 2.19. The fourth-order valence-corrected chi connectivity index (χ4v) is 6.97. The Morgan fingerprint density at radius 3 is 1.52 bits per heavy atom. The maximum atomic E-state index is 5.31. The second-order valence-electron chi connectivity index (χ2n) is 12.1. The van der Waals surface area contributed by atoms with E-state index in [1.807, 2.05) is 0 Å². The summed E-state index contributed by atoms with van der Waals surface area (Å²) in [4.78, 5) is 10.6. The Kier molecular flexibility index (Phi) is 3.31. The summed E-state index contributed by atoms with van der Waals surface area (Å²) in [6.07, 6.45) is 5.07. The molecule has 2 aromatic heterocycles. The standard InChI is InChI=1S/C27H34N2/c1-25(2)17-11-15-7-9-21(28-23(15)19(25)13-17)27(5,6)22-10-8-16-12-18-14-20(24(16)29-22)26(18,3)4/h7-10,17-20H,11-14H2,1-6H3/t17-,18-,19-,20-/m0/s1. The summed E-state index contributed by atoms with van der Waals surface area (Å²) in [5.41, 5.74) is 8.78. The Morgan fingerprint density at radius 1 is 0.724 bits per heavy atom. The third-order valence-corrected chi connectivity index (χ3v) is 9.84. The molecule has 2 heteroatoms. The van der Waals surface area contributed by atoms with Crippen molar-refractivity contribution in [3.05, 3.63) is 58.2 Å². The van der Waals surface area contributed by atoms with Crippen LogP contribution in [-0.4, -0.2) is 9.97 Å². The van der Waals surface area contributed by atoms with Crippen molar-refractivity contribution >= 4 is 0 Å². The van der Waals surface area contributed by atoms with E-state index in [-0.39, 0.29) is 5.41 Å². The lowest BCUT2D eigenvalue weighted by molar-refractivity contribution is 0.0150. The second-order valence-corrected chi connectivity index (χ2v) is 12.1. The zero-order valence-corrected chi connectivity index (χ0v) is 18.8. The second kappa shape index (κ2) is 5.31. The van der Waals surface area contributed by atoms with Crippen LogP contribution in [0.4, 0.5) is 0 Å². The van der Waals surface area contributed by atoms with Gasteiger partial charge in [-0.2, -0.15) is 0 Å². The smallest absolute Gasteiger partial charge is 0.0523 e. The molecule has 8 rings (SSSR count). The first kappa shape index (κ1) is 18.1. The van der Waals surface area contributed by atoms with Gasteiger partial charge in [0, 0.05) is 28.6 Å². The lowest BCUT2D eigenvalue weighted by Crippen LogP contribution is -2.49. The van der Waals surface area contributed by atoms with E-state index in [1.54, 1.807) is 0 Å². The number of hydrogen-bond donors (Lipinski definition) is 0. The van der Waals surface area contributed by atoms with Gasteiger partial charge in [-0.05, 0) is 85.5 Å². The van der Waals surface area contributed by atoms with Crippen LogP contribution in [0.2, 0.25) is 0 Å². The van der Waals surface area contributed by atoms with E-state index in [0.29, 0.717) is 22.7 Å². The van der Waals surface area contributed by atoms with E-state index in [0.717, 1.165) is 11.8 Å². The molecular formula is C27H34N2. The highest BCUT2D eigenvalue weighted by Gasteiger charge is 2.54. The normalized spacial score (nSPS) is 32.5. The van der Waals surface area contributed by atoms with Crippen molar-refractivity contribution in [1.29, 1.82) is 0 Å². The van der Waals surface area contributed by atoms with Gasteiger partial charge < -0.3 is 0 Å². The highest BCUT2D eigenvalue weighted by atomic mass is 14.8. The number of hydrogen-bond acceptors (Lipinski definition) is 2. The molecular weight excluding hydrogens is 352 g/mol. The molecule has 4 bridgehead atoms. The molecule has 0 aromatic carbocycles. The molecule has 2 nitrogen and oxygen atoms in total. The molecule has 0 saturated heterocycles. The topological polar surface area (TPSA) is 25.8 Å². The predicted octanol–water partition coefficient (Wildman–Crippen LogP) is 6.17. The highest BCUT2D eigenvalue weighted by Crippen LogP contribution is 2.63.